The third-order valence-electron chi connectivity index (χ3n) is 11.9. The number of hydrogen-bond acceptors (Lipinski definition) is 3. The summed E-state index contributed by atoms with van der Waals surface area (Å²) in [6.45, 7) is 4.66. The molecule has 0 spiro atoms. The zero-order valence-corrected chi connectivity index (χ0v) is 33.1. The zero-order chi connectivity index (χ0) is 38.8. The molecule has 0 unspecified atom stereocenters. The highest BCUT2D eigenvalue weighted by Crippen LogP contribution is 2.50. The lowest BCUT2D eigenvalue weighted by atomic mass is 9.82. The first-order valence-electron chi connectivity index (χ1n) is 19.9. The molecule has 58 heavy (non-hydrogen) atoms. The first-order valence-corrected chi connectivity index (χ1v) is 20.7. The molecule has 0 atom stereocenters. The standard InChI is InChI=1S/C55H38N2S/c1-55(2)48-25-11-9-21-44(48)47-33-38(27-28-49(47)55)50-34-51(57-54(56-50)39-20-13-19-37(29-39)35-15-5-3-6-16-35)42-31-40(36-17-7-4-8-18-36)30-41(32-42)43-23-14-24-46-45-22-10-12-26-52(45)58-53(43)46/h3-34H,1-2H3. The second-order valence-electron chi connectivity index (χ2n) is 15.8. The van der Waals surface area contributed by atoms with E-state index >= 15 is 0 Å². The van der Waals surface area contributed by atoms with Crippen LogP contribution < -0.4 is 0 Å². The minimum absolute atomic E-state index is 0.0735. The van der Waals surface area contributed by atoms with Gasteiger partial charge in [0.05, 0.1) is 11.4 Å². The molecule has 0 radical (unpaired) electrons. The van der Waals surface area contributed by atoms with Crippen molar-refractivity contribution in [3.63, 3.8) is 0 Å². The van der Waals surface area contributed by atoms with Crippen LogP contribution in [0.4, 0.5) is 0 Å². The third-order valence-corrected chi connectivity index (χ3v) is 13.1. The molecule has 0 amide bonds. The van der Waals surface area contributed by atoms with Crippen LogP contribution in [0.1, 0.15) is 25.0 Å². The minimum Gasteiger partial charge on any atom is -0.228 e. The van der Waals surface area contributed by atoms with E-state index in [1.807, 2.05) is 11.3 Å². The van der Waals surface area contributed by atoms with Crippen molar-refractivity contribution in [2.45, 2.75) is 19.3 Å². The predicted molar refractivity (Wildman–Crippen MR) is 245 cm³/mol. The minimum atomic E-state index is -0.0735. The van der Waals surface area contributed by atoms with Gasteiger partial charge in [-0.25, -0.2) is 9.97 Å². The zero-order valence-electron chi connectivity index (χ0n) is 32.3. The van der Waals surface area contributed by atoms with Gasteiger partial charge in [0.25, 0.3) is 0 Å². The summed E-state index contributed by atoms with van der Waals surface area (Å²) >= 11 is 1.86. The Bertz CT molecular complexity index is 3190. The van der Waals surface area contributed by atoms with Crippen LogP contribution >= 0.6 is 11.3 Å². The SMILES string of the molecule is CC1(C)c2ccccc2-c2cc(-c3cc(-c4cc(-c5ccccc5)cc(-c5cccc6c5sc5ccccc56)c4)nc(-c4cccc(-c5ccccc5)c4)n3)ccc21. The van der Waals surface area contributed by atoms with Crippen LogP contribution in [-0.2, 0) is 5.41 Å². The summed E-state index contributed by atoms with van der Waals surface area (Å²) in [5.74, 6) is 0.699. The second kappa shape index (κ2) is 13.6. The van der Waals surface area contributed by atoms with Crippen molar-refractivity contribution < 1.29 is 0 Å². The highest BCUT2D eigenvalue weighted by atomic mass is 32.1. The molecule has 3 heteroatoms. The fourth-order valence-electron chi connectivity index (χ4n) is 8.92. The predicted octanol–water partition coefficient (Wildman–Crippen LogP) is 15.2. The Kier molecular flexibility index (Phi) is 8.06. The summed E-state index contributed by atoms with van der Waals surface area (Å²) < 4.78 is 2.59. The van der Waals surface area contributed by atoms with Gasteiger partial charge in [0.2, 0.25) is 0 Å². The maximum absolute atomic E-state index is 5.42. The molecule has 0 saturated carbocycles. The van der Waals surface area contributed by atoms with Crippen molar-refractivity contribution in [1.82, 2.24) is 9.97 Å². The molecule has 1 aliphatic rings. The fourth-order valence-corrected chi connectivity index (χ4v) is 10.2. The van der Waals surface area contributed by atoms with Gasteiger partial charge >= 0.3 is 0 Å². The lowest BCUT2D eigenvalue weighted by molar-refractivity contribution is 0.660. The van der Waals surface area contributed by atoms with E-state index in [4.69, 9.17) is 9.97 Å². The van der Waals surface area contributed by atoms with Crippen molar-refractivity contribution in [3.8, 4) is 78.4 Å². The first kappa shape index (κ1) is 34.3. The van der Waals surface area contributed by atoms with Crippen LogP contribution in [0.3, 0.4) is 0 Å². The average molecular weight is 759 g/mol. The normalized spacial score (nSPS) is 12.8. The average Bonchev–Trinajstić information content (AvgIpc) is 3.78. The molecule has 0 aliphatic heterocycles. The quantitative estimate of drug-likeness (QED) is 0.169. The number of aromatic nitrogens is 2. The van der Waals surface area contributed by atoms with Gasteiger partial charge in [-0.15, -0.1) is 11.3 Å². The van der Waals surface area contributed by atoms with Crippen molar-refractivity contribution in [1.29, 1.82) is 0 Å². The maximum Gasteiger partial charge on any atom is 0.160 e. The van der Waals surface area contributed by atoms with Crippen LogP contribution in [-0.4, -0.2) is 9.97 Å². The molecule has 2 aromatic heterocycles. The van der Waals surface area contributed by atoms with Gasteiger partial charge in [-0.3, -0.25) is 0 Å². The van der Waals surface area contributed by atoms with Crippen molar-refractivity contribution in [2.24, 2.45) is 0 Å². The van der Waals surface area contributed by atoms with Crippen LogP contribution in [0.2, 0.25) is 0 Å². The van der Waals surface area contributed by atoms with E-state index in [1.54, 1.807) is 0 Å². The molecule has 0 bridgehead atoms. The van der Waals surface area contributed by atoms with Gasteiger partial charge in [0.15, 0.2) is 5.82 Å². The smallest absolute Gasteiger partial charge is 0.160 e. The summed E-state index contributed by atoms with van der Waals surface area (Å²) in [6, 6.07) is 70.1. The molecule has 1 aliphatic carbocycles. The lowest BCUT2D eigenvalue weighted by Gasteiger charge is -2.21. The van der Waals surface area contributed by atoms with Crippen molar-refractivity contribution in [2.75, 3.05) is 0 Å². The Hall–Kier alpha value is -6.94. The molecule has 2 nitrogen and oxygen atoms in total. The van der Waals surface area contributed by atoms with E-state index in [9.17, 15) is 0 Å². The van der Waals surface area contributed by atoms with Crippen LogP contribution in [0.5, 0.6) is 0 Å². The van der Waals surface area contributed by atoms with E-state index in [-0.39, 0.29) is 5.41 Å². The Morgan fingerprint density at radius 1 is 0.362 bits per heavy atom. The molecule has 0 fully saturated rings. The Morgan fingerprint density at radius 3 is 1.76 bits per heavy atom. The van der Waals surface area contributed by atoms with Gasteiger partial charge in [-0.1, -0.05) is 166 Å². The molecule has 2 heterocycles. The molecule has 0 saturated heterocycles. The Labute approximate surface area is 342 Å². The Morgan fingerprint density at radius 2 is 0.931 bits per heavy atom. The van der Waals surface area contributed by atoms with Crippen LogP contribution in [0, 0.1) is 0 Å². The fraction of sp³-hybridized carbons (Fsp3) is 0.0545. The monoisotopic (exact) mass is 758 g/mol. The molecule has 274 valence electrons. The molecule has 11 rings (SSSR count). The highest BCUT2D eigenvalue weighted by Gasteiger charge is 2.35. The molecule has 8 aromatic carbocycles. The first-order chi connectivity index (χ1) is 28.5. The largest absolute Gasteiger partial charge is 0.228 e. The summed E-state index contributed by atoms with van der Waals surface area (Å²) in [4.78, 5) is 10.8. The third kappa shape index (κ3) is 5.78. The van der Waals surface area contributed by atoms with Gasteiger partial charge in [-0.2, -0.15) is 0 Å². The molecule has 10 aromatic rings. The number of hydrogen-bond donors (Lipinski definition) is 0. The van der Waals surface area contributed by atoms with Crippen molar-refractivity contribution in [3.05, 3.63) is 205 Å². The second-order valence-corrected chi connectivity index (χ2v) is 16.8. The lowest BCUT2D eigenvalue weighted by Crippen LogP contribution is -2.14. The summed E-state index contributed by atoms with van der Waals surface area (Å²) in [5.41, 5.74) is 17.1. The molecular formula is C55H38N2S. The van der Waals surface area contributed by atoms with E-state index in [0.29, 0.717) is 5.82 Å². The van der Waals surface area contributed by atoms with E-state index < -0.39 is 0 Å². The van der Waals surface area contributed by atoms with Gasteiger partial charge < -0.3 is 0 Å². The van der Waals surface area contributed by atoms with Crippen molar-refractivity contribution >= 4 is 31.5 Å². The molecule has 0 N–H and O–H groups in total. The summed E-state index contributed by atoms with van der Waals surface area (Å²) in [5, 5.41) is 2.59. The topological polar surface area (TPSA) is 25.8 Å². The summed E-state index contributed by atoms with van der Waals surface area (Å²) in [6.07, 6.45) is 0. The van der Waals surface area contributed by atoms with Gasteiger partial charge in [-0.05, 0) is 98.1 Å². The number of fused-ring (bicyclic) bond motifs is 6. The van der Waals surface area contributed by atoms with E-state index in [0.717, 1.165) is 50.3 Å². The van der Waals surface area contributed by atoms with Gasteiger partial charge in [0, 0.05) is 42.3 Å². The number of thiophene rings is 1. The van der Waals surface area contributed by atoms with Gasteiger partial charge in [0.1, 0.15) is 0 Å². The van der Waals surface area contributed by atoms with E-state index in [2.05, 4.69) is 208 Å². The van der Waals surface area contributed by atoms with Crippen LogP contribution in [0.25, 0.3) is 98.6 Å². The number of nitrogens with zero attached hydrogens (tertiary/aromatic N) is 2. The van der Waals surface area contributed by atoms with E-state index in [1.165, 1.54) is 53.6 Å². The number of rotatable bonds is 6. The highest BCUT2D eigenvalue weighted by molar-refractivity contribution is 7.26. The molecular weight excluding hydrogens is 721 g/mol. The summed E-state index contributed by atoms with van der Waals surface area (Å²) in [7, 11) is 0. The van der Waals surface area contributed by atoms with Crippen LogP contribution in [0.15, 0.2) is 194 Å². The maximum atomic E-state index is 5.42. The number of benzene rings is 8. The Balaban J connectivity index is 1.14.